The van der Waals surface area contributed by atoms with Crippen LogP contribution in [0, 0.1) is 0 Å². The van der Waals surface area contributed by atoms with Gasteiger partial charge in [-0.15, -0.1) is 11.8 Å². The first-order chi connectivity index (χ1) is 10.2. The minimum Gasteiger partial charge on any atom is -0.326 e. The van der Waals surface area contributed by atoms with Crippen molar-refractivity contribution in [3.63, 3.8) is 0 Å². The zero-order valence-electron chi connectivity index (χ0n) is 12.7. The second kappa shape index (κ2) is 8.06. The van der Waals surface area contributed by atoms with Crippen LogP contribution in [0.15, 0.2) is 24.3 Å². The van der Waals surface area contributed by atoms with Gasteiger partial charge < -0.3 is 9.80 Å². The Kier molecular flexibility index (Phi) is 6.40. The summed E-state index contributed by atoms with van der Waals surface area (Å²) in [5.41, 5.74) is 1.16. The normalized spacial score (nSPS) is 18.8. The van der Waals surface area contributed by atoms with Gasteiger partial charge in [0, 0.05) is 11.6 Å². The Morgan fingerprint density at radius 2 is 1.95 bits per heavy atom. The SMILES string of the molecule is CCN(CC)CCCN1C(=O)CSC1c1ccc(Cl)cc1. The highest BCUT2D eigenvalue weighted by atomic mass is 35.5. The number of carbonyl (C=O) groups is 1. The molecule has 1 atom stereocenters. The van der Waals surface area contributed by atoms with E-state index in [0.717, 1.165) is 43.2 Å². The topological polar surface area (TPSA) is 23.6 Å². The first-order valence-corrected chi connectivity index (χ1v) is 8.97. The molecule has 1 unspecified atom stereocenters. The fourth-order valence-corrected chi connectivity index (χ4v) is 3.95. The van der Waals surface area contributed by atoms with Crippen LogP contribution in [0.2, 0.25) is 5.02 Å². The minimum absolute atomic E-state index is 0.145. The van der Waals surface area contributed by atoms with Gasteiger partial charge in [-0.25, -0.2) is 0 Å². The molecule has 0 bridgehead atoms. The Hall–Kier alpha value is -0.710. The molecule has 5 heteroatoms. The summed E-state index contributed by atoms with van der Waals surface area (Å²) in [7, 11) is 0. The molecule has 116 valence electrons. The van der Waals surface area contributed by atoms with Crippen LogP contribution < -0.4 is 0 Å². The third-order valence-electron chi connectivity index (χ3n) is 3.89. The molecule has 0 spiro atoms. The first kappa shape index (κ1) is 16.7. The molecule has 0 aliphatic carbocycles. The Labute approximate surface area is 136 Å². The lowest BCUT2D eigenvalue weighted by Crippen LogP contribution is -2.32. The monoisotopic (exact) mass is 326 g/mol. The number of thioether (sulfide) groups is 1. The highest BCUT2D eigenvalue weighted by Gasteiger charge is 2.32. The molecule has 3 nitrogen and oxygen atoms in total. The van der Waals surface area contributed by atoms with E-state index in [0.29, 0.717) is 5.75 Å². The van der Waals surface area contributed by atoms with E-state index in [1.165, 1.54) is 0 Å². The Balaban J connectivity index is 1.95. The van der Waals surface area contributed by atoms with Crippen LogP contribution >= 0.6 is 23.4 Å². The molecule has 0 saturated carbocycles. The fraction of sp³-hybridized carbons (Fsp3) is 0.562. The van der Waals surface area contributed by atoms with Gasteiger partial charge in [0.2, 0.25) is 5.91 Å². The van der Waals surface area contributed by atoms with Crippen molar-refractivity contribution in [2.24, 2.45) is 0 Å². The molecule has 1 aromatic rings. The van der Waals surface area contributed by atoms with Crippen molar-refractivity contribution in [2.45, 2.75) is 25.6 Å². The number of hydrogen-bond donors (Lipinski definition) is 0. The highest BCUT2D eigenvalue weighted by molar-refractivity contribution is 8.00. The fourth-order valence-electron chi connectivity index (χ4n) is 2.60. The molecule has 0 radical (unpaired) electrons. The first-order valence-electron chi connectivity index (χ1n) is 7.54. The van der Waals surface area contributed by atoms with Crippen molar-refractivity contribution in [2.75, 3.05) is 31.9 Å². The zero-order chi connectivity index (χ0) is 15.2. The predicted octanol–water partition coefficient (Wildman–Crippen LogP) is 3.65. The number of hydrogen-bond acceptors (Lipinski definition) is 3. The summed E-state index contributed by atoms with van der Waals surface area (Å²) >= 11 is 7.65. The maximum Gasteiger partial charge on any atom is 0.233 e. The van der Waals surface area contributed by atoms with Crippen molar-refractivity contribution >= 4 is 29.3 Å². The molecule has 0 N–H and O–H groups in total. The van der Waals surface area contributed by atoms with Crippen LogP contribution in [-0.4, -0.2) is 47.6 Å². The van der Waals surface area contributed by atoms with Crippen molar-refractivity contribution in [3.05, 3.63) is 34.9 Å². The van der Waals surface area contributed by atoms with Crippen LogP contribution in [0.25, 0.3) is 0 Å². The largest absolute Gasteiger partial charge is 0.326 e. The number of rotatable bonds is 7. The summed E-state index contributed by atoms with van der Waals surface area (Å²) in [5, 5.41) is 0.882. The molecular weight excluding hydrogens is 304 g/mol. The second-order valence-corrected chi connectivity index (χ2v) is 6.69. The minimum atomic E-state index is 0.145. The summed E-state index contributed by atoms with van der Waals surface area (Å²) in [6.45, 7) is 8.37. The second-order valence-electron chi connectivity index (χ2n) is 5.18. The number of amides is 1. The van der Waals surface area contributed by atoms with Crippen molar-refractivity contribution in [1.29, 1.82) is 0 Å². The summed E-state index contributed by atoms with van der Waals surface area (Å²) in [6.07, 6.45) is 1.03. The van der Waals surface area contributed by atoms with E-state index in [4.69, 9.17) is 11.6 Å². The summed E-state index contributed by atoms with van der Waals surface area (Å²) in [6, 6.07) is 7.84. The lowest BCUT2D eigenvalue weighted by molar-refractivity contribution is -0.128. The predicted molar refractivity (Wildman–Crippen MR) is 90.8 cm³/mol. The number of carbonyl (C=O) groups excluding carboxylic acids is 1. The maximum atomic E-state index is 12.1. The third kappa shape index (κ3) is 4.38. The molecule has 1 aromatic carbocycles. The van der Waals surface area contributed by atoms with E-state index in [1.54, 1.807) is 11.8 Å². The molecule has 2 rings (SSSR count). The molecule has 1 aliphatic rings. The van der Waals surface area contributed by atoms with E-state index in [1.807, 2.05) is 29.2 Å². The molecule has 1 heterocycles. The van der Waals surface area contributed by atoms with Crippen molar-refractivity contribution in [1.82, 2.24) is 9.80 Å². The maximum absolute atomic E-state index is 12.1. The van der Waals surface area contributed by atoms with Crippen LogP contribution in [0.4, 0.5) is 0 Å². The average molecular weight is 327 g/mol. The summed E-state index contributed by atoms with van der Waals surface area (Å²) in [4.78, 5) is 16.5. The Morgan fingerprint density at radius 1 is 1.29 bits per heavy atom. The Morgan fingerprint density at radius 3 is 2.57 bits per heavy atom. The van der Waals surface area contributed by atoms with Crippen LogP contribution in [-0.2, 0) is 4.79 Å². The van der Waals surface area contributed by atoms with E-state index >= 15 is 0 Å². The van der Waals surface area contributed by atoms with Gasteiger partial charge in [0.05, 0.1) is 5.75 Å². The molecule has 1 amide bonds. The van der Waals surface area contributed by atoms with E-state index in [-0.39, 0.29) is 11.3 Å². The van der Waals surface area contributed by atoms with Crippen LogP contribution in [0.1, 0.15) is 31.2 Å². The number of nitrogens with zero attached hydrogens (tertiary/aromatic N) is 2. The van der Waals surface area contributed by atoms with E-state index in [2.05, 4.69) is 18.7 Å². The van der Waals surface area contributed by atoms with E-state index in [9.17, 15) is 4.79 Å². The van der Waals surface area contributed by atoms with Gasteiger partial charge in [0.15, 0.2) is 0 Å². The smallest absolute Gasteiger partial charge is 0.233 e. The van der Waals surface area contributed by atoms with Gasteiger partial charge in [-0.3, -0.25) is 4.79 Å². The van der Waals surface area contributed by atoms with Gasteiger partial charge in [-0.1, -0.05) is 37.6 Å². The van der Waals surface area contributed by atoms with E-state index < -0.39 is 0 Å². The zero-order valence-corrected chi connectivity index (χ0v) is 14.3. The van der Waals surface area contributed by atoms with Gasteiger partial charge in [-0.2, -0.15) is 0 Å². The molecule has 0 aromatic heterocycles. The molecule has 1 fully saturated rings. The standard InChI is InChI=1S/C16H23ClN2OS/c1-3-18(4-2)10-5-11-19-15(20)12-21-16(19)13-6-8-14(17)9-7-13/h6-9,16H,3-5,10-12H2,1-2H3. The molecular formula is C16H23ClN2OS. The van der Waals surface area contributed by atoms with Gasteiger partial charge in [0.1, 0.15) is 5.37 Å². The van der Waals surface area contributed by atoms with Gasteiger partial charge in [-0.05, 0) is 43.8 Å². The lowest BCUT2D eigenvalue weighted by atomic mass is 10.2. The highest BCUT2D eigenvalue weighted by Crippen LogP contribution is 2.38. The van der Waals surface area contributed by atoms with Crippen molar-refractivity contribution in [3.8, 4) is 0 Å². The molecule has 1 aliphatic heterocycles. The van der Waals surface area contributed by atoms with Crippen molar-refractivity contribution < 1.29 is 4.79 Å². The molecule has 1 saturated heterocycles. The van der Waals surface area contributed by atoms with Crippen LogP contribution in [0.5, 0.6) is 0 Å². The van der Waals surface area contributed by atoms with Gasteiger partial charge in [0.25, 0.3) is 0 Å². The average Bonchev–Trinajstić information content (AvgIpc) is 2.86. The summed E-state index contributed by atoms with van der Waals surface area (Å²) < 4.78 is 0. The quantitative estimate of drug-likeness (QED) is 0.764. The lowest BCUT2D eigenvalue weighted by Gasteiger charge is -2.26. The van der Waals surface area contributed by atoms with Gasteiger partial charge >= 0.3 is 0 Å². The molecule has 21 heavy (non-hydrogen) atoms. The number of halogens is 1. The Bertz CT molecular complexity index is 462. The third-order valence-corrected chi connectivity index (χ3v) is 5.40. The van der Waals surface area contributed by atoms with Crippen LogP contribution in [0.3, 0.4) is 0 Å². The summed E-state index contributed by atoms with van der Waals surface area (Å²) in [5.74, 6) is 0.831. The number of benzene rings is 1.